The molecule has 1 N–H and O–H groups in total. The second kappa shape index (κ2) is 6.89. The first-order chi connectivity index (χ1) is 10.5. The summed E-state index contributed by atoms with van der Waals surface area (Å²) in [5.41, 5.74) is 2.79. The predicted octanol–water partition coefficient (Wildman–Crippen LogP) is 1.99. The standard InChI is InChI=1S/C16H19N3O3/c1-4-22-16(21)15-8-11(2)18-19(15)14-7-5-6-13(9-14)10-17-12(3)20/h5-9H,4,10H2,1-3H3,(H,17,20). The fourth-order valence-corrected chi connectivity index (χ4v) is 2.07. The van der Waals surface area contributed by atoms with Gasteiger partial charge in [-0.1, -0.05) is 12.1 Å². The van der Waals surface area contributed by atoms with Gasteiger partial charge in [-0.05, 0) is 37.6 Å². The van der Waals surface area contributed by atoms with Gasteiger partial charge >= 0.3 is 5.97 Å². The van der Waals surface area contributed by atoms with E-state index in [1.807, 2.05) is 31.2 Å². The van der Waals surface area contributed by atoms with E-state index >= 15 is 0 Å². The Balaban J connectivity index is 2.33. The third kappa shape index (κ3) is 3.72. The number of nitrogens with zero attached hydrogens (tertiary/aromatic N) is 2. The van der Waals surface area contributed by atoms with Gasteiger partial charge in [-0.2, -0.15) is 5.10 Å². The van der Waals surface area contributed by atoms with Gasteiger partial charge in [-0.15, -0.1) is 0 Å². The van der Waals surface area contributed by atoms with Gasteiger partial charge in [0.1, 0.15) is 0 Å². The molecule has 116 valence electrons. The van der Waals surface area contributed by atoms with Gasteiger partial charge in [0, 0.05) is 13.5 Å². The zero-order valence-electron chi connectivity index (χ0n) is 12.9. The summed E-state index contributed by atoms with van der Waals surface area (Å²) in [6, 6.07) is 9.19. The molecule has 0 radical (unpaired) electrons. The lowest BCUT2D eigenvalue weighted by Crippen LogP contribution is -2.19. The molecule has 6 heteroatoms. The highest BCUT2D eigenvalue weighted by molar-refractivity contribution is 5.88. The third-order valence-electron chi connectivity index (χ3n) is 3.01. The number of amides is 1. The second-order valence-corrected chi connectivity index (χ2v) is 4.88. The molecule has 0 saturated carbocycles. The molecule has 2 rings (SSSR count). The topological polar surface area (TPSA) is 73.2 Å². The monoisotopic (exact) mass is 301 g/mol. The van der Waals surface area contributed by atoms with E-state index < -0.39 is 5.97 Å². The molecule has 1 heterocycles. The van der Waals surface area contributed by atoms with E-state index in [1.165, 1.54) is 6.92 Å². The largest absolute Gasteiger partial charge is 0.461 e. The van der Waals surface area contributed by atoms with Crippen LogP contribution in [0.5, 0.6) is 0 Å². The zero-order valence-corrected chi connectivity index (χ0v) is 12.9. The lowest BCUT2D eigenvalue weighted by atomic mass is 10.2. The average molecular weight is 301 g/mol. The van der Waals surface area contributed by atoms with Crippen molar-refractivity contribution in [3.8, 4) is 5.69 Å². The summed E-state index contributed by atoms with van der Waals surface area (Å²) < 4.78 is 6.62. The highest BCUT2D eigenvalue weighted by atomic mass is 16.5. The summed E-state index contributed by atoms with van der Waals surface area (Å²) in [5, 5.41) is 7.09. The molecular formula is C16H19N3O3. The minimum atomic E-state index is -0.407. The van der Waals surface area contributed by atoms with Gasteiger partial charge in [-0.3, -0.25) is 4.79 Å². The van der Waals surface area contributed by atoms with Crippen LogP contribution in [0.4, 0.5) is 0 Å². The van der Waals surface area contributed by atoms with Crippen molar-refractivity contribution in [1.29, 1.82) is 0 Å². The Hall–Kier alpha value is -2.63. The van der Waals surface area contributed by atoms with Gasteiger partial charge < -0.3 is 10.1 Å². The molecular weight excluding hydrogens is 282 g/mol. The van der Waals surface area contributed by atoms with Crippen molar-refractivity contribution >= 4 is 11.9 Å². The minimum Gasteiger partial charge on any atom is -0.461 e. The molecule has 0 spiro atoms. The number of benzene rings is 1. The van der Waals surface area contributed by atoms with E-state index in [0.29, 0.717) is 18.8 Å². The van der Waals surface area contributed by atoms with Crippen molar-refractivity contribution in [3.05, 3.63) is 47.3 Å². The molecule has 1 aromatic heterocycles. The summed E-state index contributed by atoms with van der Waals surface area (Å²) in [4.78, 5) is 23.0. The maximum atomic E-state index is 12.0. The maximum Gasteiger partial charge on any atom is 0.357 e. The summed E-state index contributed by atoms with van der Waals surface area (Å²) >= 11 is 0. The van der Waals surface area contributed by atoms with E-state index in [1.54, 1.807) is 17.7 Å². The van der Waals surface area contributed by atoms with E-state index in [0.717, 1.165) is 16.9 Å². The Morgan fingerprint density at radius 1 is 1.32 bits per heavy atom. The first-order valence-electron chi connectivity index (χ1n) is 7.08. The number of rotatable bonds is 5. The molecule has 0 atom stereocenters. The Kier molecular flexibility index (Phi) is 4.93. The highest BCUT2D eigenvalue weighted by Crippen LogP contribution is 2.15. The van der Waals surface area contributed by atoms with Crippen LogP contribution in [0.25, 0.3) is 5.69 Å². The number of hydrogen-bond donors (Lipinski definition) is 1. The predicted molar refractivity (Wildman–Crippen MR) is 81.8 cm³/mol. The van der Waals surface area contributed by atoms with E-state index in [4.69, 9.17) is 4.74 Å². The van der Waals surface area contributed by atoms with Gasteiger partial charge in [0.15, 0.2) is 5.69 Å². The van der Waals surface area contributed by atoms with Gasteiger partial charge in [-0.25, -0.2) is 9.48 Å². The number of nitrogens with one attached hydrogen (secondary N) is 1. The normalized spacial score (nSPS) is 10.3. The molecule has 0 bridgehead atoms. The molecule has 6 nitrogen and oxygen atoms in total. The van der Waals surface area contributed by atoms with Crippen LogP contribution in [0.15, 0.2) is 30.3 Å². The van der Waals surface area contributed by atoms with Crippen LogP contribution in [0.2, 0.25) is 0 Å². The molecule has 0 saturated heterocycles. The molecule has 0 aliphatic rings. The molecule has 0 aliphatic carbocycles. The van der Waals surface area contributed by atoms with E-state index in [2.05, 4.69) is 10.4 Å². The number of esters is 1. The van der Waals surface area contributed by atoms with Crippen molar-refractivity contribution in [1.82, 2.24) is 15.1 Å². The molecule has 0 fully saturated rings. The van der Waals surface area contributed by atoms with Crippen LogP contribution in [0.3, 0.4) is 0 Å². The molecule has 1 amide bonds. The van der Waals surface area contributed by atoms with Gasteiger partial charge in [0.2, 0.25) is 5.91 Å². The van der Waals surface area contributed by atoms with E-state index in [9.17, 15) is 9.59 Å². The number of ether oxygens (including phenoxy) is 1. The van der Waals surface area contributed by atoms with Crippen molar-refractivity contribution < 1.29 is 14.3 Å². The number of carbonyl (C=O) groups is 2. The summed E-state index contributed by atoms with van der Waals surface area (Å²) in [6.45, 7) is 5.79. The number of aromatic nitrogens is 2. The van der Waals surface area contributed by atoms with Crippen LogP contribution < -0.4 is 5.32 Å². The lowest BCUT2D eigenvalue weighted by Gasteiger charge is -2.09. The smallest absolute Gasteiger partial charge is 0.357 e. The maximum absolute atomic E-state index is 12.0. The number of hydrogen-bond acceptors (Lipinski definition) is 4. The second-order valence-electron chi connectivity index (χ2n) is 4.88. The first-order valence-corrected chi connectivity index (χ1v) is 7.08. The summed E-state index contributed by atoms with van der Waals surface area (Å²) in [6.07, 6.45) is 0. The van der Waals surface area contributed by atoms with Crippen LogP contribution in [0, 0.1) is 6.92 Å². The Morgan fingerprint density at radius 3 is 2.77 bits per heavy atom. The van der Waals surface area contributed by atoms with Gasteiger partial charge in [0.25, 0.3) is 0 Å². The quantitative estimate of drug-likeness (QED) is 0.857. The fraction of sp³-hybridized carbons (Fsp3) is 0.312. The number of carbonyl (C=O) groups excluding carboxylic acids is 2. The van der Waals surface area contributed by atoms with Crippen molar-refractivity contribution in [2.45, 2.75) is 27.3 Å². The summed E-state index contributed by atoms with van der Waals surface area (Å²) in [5.74, 6) is -0.497. The molecule has 0 aliphatic heterocycles. The Bertz CT molecular complexity index is 692. The Morgan fingerprint density at radius 2 is 2.09 bits per heavy atom. The minimum absolute atomic E-state index is 0.0902. The van der Waals surface area contributed by atoms with Gasteiger partial charge in [0.05, 0.1) is 18.0 Å². The van der Waals surface area contributed by atoms with Crippen molar-refractivity contribution in [2.75, 3.05) is 6.61 Å². The van der Waals surface area contributed by atoms with Crippen LogP contribution >= 0.6 is 0 Å². The highest BCUT2D eigenvalue weighted by Gasteiger charge is 2.16. The average Bonchev–Trinajstić information content (AvgIpc) is 2.88. The SMILES string of the molecule is CCOC(=O)c1cc(C)nn1-c1cccc(CNC(C)=O)c1. The van der Waals surface area contributed by atoms with Crippen LogP contribution in [-0.4, -0.2) is 28.3 Å². The summed E-state index contributed by atoms with van der Waals surface area (Å²) in [7, 11) is 0. The molecule has 22 heavy (non-hydrogen) atoms. The lowest BCUT2D eigenvalue weighted by molar-refractivity contribution is -0.119. The fourth-order valence-electron chi connectivity index (χ4n) is 2.07. The molecule has 0 unspecified atom stereocenters. The number of aryl methyl sites for hydroxylation is 1. The van der Waals surface area contributed by atoms with Crippen LogP contribution in [-0.2, 0) is 16.1 Å². The van der Waals surface area contributed by atoms with Crippen molar-refractivity contribution in [3.63, 3.8) is 0 Å². The first kappa shape index (κ1) is 15.8. The van der Waals surface area contributed by atoms with Crippen LogP contribution in [0.1, 0.15) is 35.6 Å². The molecule has 1 aromatic carbocycles. The third-order valence-corrected chi connectivity index (χ3v) is 3.01. The van der Waals surface area contributed by atoms with E-state index in [-0.39, 0.29) is 5.91 Å². The molecule has 2 aromatic rings. The Labute approximate surface area is 129 Å². The zero-order chi connectivity index (χ0) is 16.1. The van der Waals surface area contributed by atoms with Crippen molar-refractivity contribution in [2.24, 2.45) is 0 Å².